The molecule has 4 nitrogen and oxygen atoms in total. The van der Waals surface area contributed by atoms with E-state index < -0.39 is 0 Å². The summed E-state index contributed by atoms with van der Waals surface area (Å²) in [5, 5.41) is 2.87. The predicted molar refractivity (Wildman–Crippen MR) is 102 cm³/mol. The summed E-state index contributed by atoms with van der Waals surface area (Å²) in [7, 11) is 0. The Bertz CT molecular complexity index is 743. The molecule has 1 heterocycles. The zero-order valence-corrected chi connectivity index (χ0v) is 15.3. The summed E-state index contributed by atoms with van der Waals surface area (Å²) in [6, 6.07) is 13.1. The fraction of sp³-hybridized carbons (Fsp3) is 0.381. The Morgan fingerprint density at radius 2 is 1.63 bits per heavy atom. The smallest absolute Gasteiger partial charge is 0.317 e. The van der Waals surface area contributed by atoms with Crippen molar-refractivity contribution in [3.8, 4) is 0 Å². The van der Waals surface area contributed by atoms with Gasteiger partial charge in [-0.15, -0.1) is 0 Å². The van der Waals surface area contributed by atoms with E-state index >= 15 is 0 Å². The summed E-state index contributed by atoms with van der Waals surface area (Å²) in [5.74, 6) is -0.449. The van der Waals surface area contributed by atoms with Crippen molar-refractivity contribution in [1.29, 1.82) is 0 Å². The first kappa shape index (κ1) is 19.3. The lowest BCUT2D eigenvalue weighted by Crippen LogP contribution is -2.52. The van der Waals surface area contributed by atoms with Crippen molar-refractivity contribution in [2.45, 2.75) is 12.8 Å². The van der Waals surface area contributed by atoms with Gasteiger partial charge in [0.25, 0.3) is 0 Å². The van der Waals surface area contributed by atoms with Gasteiger partial charge in [-0.3, -0.25) is 4.90 Å². The Kier molecular flexibility index (Phi) is 6.76. The van der Waals surface area contributed by atoms with Gasteiger partial charge in [0, 0.05) is 39.3 Å². The summed E-state index contributed by atoms with van der Waals surface area (Å²) < 4.78 is 26.5. The van der Waals surface area contributed by atoms with Crippen molar-refractivity contribution in [3.63, 3.8) is 0 Å². The van der Waals surface area contributed by atoms with Crippen molar-refractivity contribution < 1.29 is 13.6 Å². The summed E-state index contributed by atoms with van der Waals surface area (Å²) in [5.41, 5.74) is 1.73. The lowest BCUT2D eigenvalue weighted by molar-refractivity contribution is 0.140. The molecule has 6 heteroatoms. The van der Waals surface area contributed by atoms with Crippen molar-refractivity contribution in [2.24, 2.45) is 0 Å². The van der Waals surface area contributed by atoms with Crippen LogP contribution in [0.5, 0.6) is 0 Å². The van der Waals surface area contributed by atoms with Crippen LogP contribution in [0.3, 0.4) is 0 Å². The minimum atomic E-state index is -0.235. The number of hydrogen-bond donors (Lipinski definition) is 1. The molecular weight excluding hydrogens is 348 g/mol. The fourth-order valence-electron chi connectivity index (χ4n) is 3.23. The van der Waals surface area contributed by atoms with Crippen molar-refractivity contribution >= 4 is 6.03 Å². The first-order valence-electron chi connectivity index (χ1n) is 9.35. The van der Waals surface area contributed by atoms with Crippen LogP contribution >= 0.6 is 0 Å². The monoisotopic (exact) mass is 373 g/mol. The van der Waals surface area contributed by atoms with Crippen LogP contribution in [0, 0.1) is 11.6 Å². The number of nitrogens with zero attached hydrogens (tertiary/aromatic N) is 2. The zero-order valence-electron chi connectivity index (χ0n) is 15.3. The van der Waals surface area contributed by atoms with E-state index in [1.807, 2.05) is 12.1 Å². The molecule has 1 N–H and O–H groups in total. The second-order valence-electron chi connectivity index (χ2n) is 6.78. The van der Waals surface area contributed by atoms with Gasteiger partial charge in [0.2, 0.25) is 0 Å². The molecule has 0 unspecified atom stereocenters. The molecule has 2 aromatic carbocycles. The SMILES string of the molecule is O=C(NCCc1ccccc1F)N1CCN(CCc2ccc(F)cc2)CC1. The molecule has 2 amide bonds. The van der Waals surface area contributed by atoms with Gasteiger partial charge in [-0.05, 0) is 42.2 Å². The van der Waals surface area contributed by atoms with Crippen LogP contribution in [0.1, 0.15) is 11.1 Å². The number of carbonyl (C=O) groups is 1. The molecule has 0 radical (unpaired) electrons. The van der Waals surface area contributed by atoms with Gasteiger partial charge in [0.05, 0.1) is 0 Å². The summed E-state index contributed by atoms with van der Waals surface area (Å²) >= 11 is 0. The largest absolute Gasteiger partial charge is 0.338 e. The molecule has 0 atom stereocenters. The Hall–Kier alpha value is -2.47. The van der Waals surface area contributed by atoms with Crippen LogP contribution in [0.4, 0.5) is 13.6 Å². The summed E-state index contributed by atoms with van der Waals surface area (Å²) in [6.07, 6.45) is 1.35. The van der Waals surface area contributed by atoms with Crippen LogP contribution in [-0.4, -0.2) is 55.1 Å². The minimum absolute atomic E-state index is 0.0930. The summed E-state index contributed by atoms with van der Waals surface area (Å²) in [6.45, 7) is 4.31. The number of nitrogens with one attached hydrogen (secondary N) is 1. The van der Waals surface area contributed by atoms with Crippen LogP contribution in [0.2, 0.25) is 0 Å². The summed E-state index contributed by atoms with van der Waals surface area (Å²) in [4.78, 5) is 16.4. The van der Waals surface area contributed by atoms with Crippen molar-refractivity contribution in [1.82, 2.24) is 15.1 Å². The minimum Gasteiger partial charge on any atom is -0.338 e. The third-order valence-corrected chi connectivity index (χ3v) is 4.92. The quantitative estimate of drug-likeness (QED) is 0.845. The zero-order chi connectivity index (χ0) is 19.1. The molecular formula is C21H25F2N3O. The lowest BCUT2D eigenvalue weighted by atomic mass is 10.1. The highest BCUT2D eigenvalue weighted by Crippen LogP contribution is 2.08. The average molecular weight is 373 g/mol. The molecule has 1 aliphatic heterocycles. The maximum absolute atomic E-state index is 13.6. The van der Waals surface area contributed by atoms with Crippen LogP contribution in [0.25, 0.3) is 0 Å². The second-order valence-corrected chi connectivity index (χ2v) is 6.78. The topological polar surface area (TPSA) is 35.6 Å². The Balaban J connectivity index is 1.35. The molecule has 1 saturated heterocycles. The number of halogens is 2. The molecule has 2 aromatic rings. The normalized spacial score (nSPS) is 15.0. The lowest BCUT2D eigenvalue weighted by Gasteiger charge is -2.34. The molecule has 3 rings (SSSR count). The van der Waals surface area contributed by atoms with Crippen molar-refractivity contribution in [2.75, 3.05) is 39.3 Å². The van der Waals surface area contributed by atoms with E-state index in [4.69, 9.17) is 0 Å². The van der Waals surface area contributed by atoms with Gasteiger partial charge >= 0.3 is 6.03 Å². The van der Waals surface area contributed by atoms with Crippen molar-refractivity contribution in [3.05, 3.63) is 71.3 Å². The second kappa shape index (κ2) is 9.46. The molecule has 144 valence electrons. The van der Waals surface area contributed by atoms with Crippen LogP contribution in [0.15, 0.2) is 48.5 Å². The standard InChI is InChI=1S/C21H25F2N3O/c22-19-7-5-17(6-8-19)10-12-25-13-15-26(16-14-25)21(27)24-11-9-18-3-1-2-4-20(18)23/h1-8H,9-16H2,(H,24,27). The van der Waals surface area contributed by atoms with Gasteiger partial charge < -0.3 is 10.2 Å². The number of amides is 2. The number of benzene rings is 2. The molecule has 1 fully saturated rings. The molecule has 0 saturated carbocycles. The van der Waals surface area contributed by atoms with Gasteiger partial charge in [-0.25, -0.2) is 13.6 Å². The number of urea groups is 1. The van der Waals surface area contributed by atoms with Crippen LogP contribution in [-0.2, 0) is 12.8 Å². The number of carbonyl (C=O) groups excluding carboxylic acids is 1. The maximum atomic E-state index is 13.6. The van der Waals surface area contributed by atoms with E-state index in [0.717, 1.165) is 31.6 Å². The molecule has 27 heavy (non-hydrogen) atoms. The molecule has 0 aliphatic carbocycles. The van der Waals surface area contributed by atoms with Gasteiger partial charge in [-0.1, -0.05) is 30.3 Å². The first-order chi connectivity index (χ1) is 13.1. The van der Waals surface area contributed by atoms with E-state index in [0.29, 0.717) is 31.6 Å². The van der Waals surface area contributed by atoms with Gasteiger partial charge in [-0.2, -0.15) is 0 Å². The van der Waals surface area contributed by atoms with E-state index in [2.05, 4.69) is 10.2 Å². The highest BCUT2D eigenvalue weighted by atomic mass is 19.1. The third-order valence-electron chi connectivity index (χ3n) is 4.92. The molecule has 0 bridgehead atoms. The Labute approximate surface area is 158 Å². The highest BCUT2D eigenvalue weighted by molar-refractivity contribution is 5.74. The third kappa shape index (κ3) is 5.76. The van der Waals surface area contributed by atoms with Gasteiger partial charge in [0.15, 0.2) is 0 Å². The molecule has 1 aliphatic rings. The number of hydrogen-bond acceptors (Lipinski definition) is 2. The maximum Gasteiger partial charge on any atom is 0.317 e. The number of rotatable bonds is 6. The highest BCUT2D eigenvalue weighted by Gasteiger charge is 2.20. The molecule has 0 spiro atoms. The predicted octanol–water partition coefficient (Wildman–Crippen LogP) is 3.08. The van der Waals surface area contributed by atoms with E-state index in [-0.39, 0.29) is 17.7 Å². The van der Waals surface area contributed by atoms with Gasteiger partial charge in [0.1, 0.15) is 11.6 Å². The Morgan fingerprint density at radius 3 is 2.33 bits per heavy atom. The van der Waals surface area contributed by atoms with E-state index in [1.165, 1.54) is 18.2 Å². The first-order valence-corrected chi connectivity index (χ1v) is 9.35. The molecule has 0 aromatic heterocycles. The number of piperazine rings is 1. The van der Waals surface area contributed by atoms with E-state index in [1.54, 1.807) is 23.1 Å². The van der Waals surface area contributed by atoms with Crippen LogP contribution < -0.4 is 5.32 Å². The average Bonchev–Trinajstić information content (AvgIpc) is 2.69. The van der Waals surface area contributed by atoms with E-state index in [9.17, 15) is 13.6 Å². The Morgan fingerprint density at radius 1 is 0.926 bits per heavy atom. The fourth-order valence-corrected chi connectivity index (χ4v) is 3.23.